The second-order valence-electron chi connectivity index (χ2n) is 7.48. The Morgan fingerprint density at radius 2 is 1.39 bits per heavy atom. The van der Waals surface area contributed by atoms with Gasteiger partial charge in [-0.25, -0.2) is 0 Å². The molecule has 3 aromatic rings. The molecule has 0 fully saturated rings. The molecule has 0 aromatic heterocycles. The minimum atomic E-state index is -0.624. The zero-order chi connectivity index (χ0) is 22.2. The summed E-state index contributed by atoms with van der Waals surface area (Å²) >= 11 is 6.35. The smallest absolute Gasteiger partial charge is 0.242 e. The third-order valence-electron chi connectivity index (χ3n) is 5.49. The van der Waals surface area contributed by atoms with Crippen LogP contribution in [0.15, 0.2) is 84.9 Å². The number of rotatable bonds is 8. The van der Waals surface area contributed by atoms with Crippen molar-refractivity contribution in [3.63, 3.8) is 0 Å². The molecule has 160 valence electrons. The summed E-state index contributed by atoms with van der Waals surface area (Å²) < 4.78 is 0. The van der Waals surface area contributed by atoms with Gasteiger partial charge in [0.15, 0.2) is 0 Å². The molecule has 3 aromatic carbocycles. The second kappa shape index (κ2) is 10.8. The van der Waals surface area contributed by atoms with Crippen molar-refractivity contribution in [1.29, 1.82) is 0 Å². The quantitative estimate of drug-likeness (QED) is 0.540. The Labute approximate surface area is 188 Å². The first-order valence-electron chi connectivity index (χ1n) is 10.4. The van der Waals surface area contributed by atoms with E-state index < -0.39 is 6.04 Å². The van der Waals surface area contributed by atoms with Gasteiger partial charge in [0.25, 0.3) is 0 Å². The molecular formula is C26H27ClN2O2. The van der Waals surface area contributed by atoms with Gasteiger partial charge in [-0.1, -0.05) is 90.5 Å². The van der Waals surface area contributed by atoms with Gasteiger partial charge in [0, 0.05) is 31.0 Å². The van der Waals surface area contributed by atoms with Crippen LogP contribution in [0.4, 0.5) is 0 Å². The fourth-order valence-electron chi connectivity index (χ4n) is 3.69. The molecule has 0 aliphatic rings. The van der Waals surface area contributed by atoms with Gasteiger partial charge in [-0.2, -0.15) is 0 Å². The maximum Gasteiger partial charge on any atom is 0.242 e. The van der Waals surface area contributed by atoms with E-state index in [1.165, 1.54) is 0 Å². The molecule has 0 spiro atoms. The number of carbonyl (C=O) groups excluding carboxylic acids is 2. The predicted molar refractivity (Wildman–Crippen MR) is 125 cm³/mol. The van der Waals surface area contributed by atoms with Crippen molar-refractivity contribution < 1.29 is 9.59 Å². The largest absolute Gasteiger partial charge is 0.357 e. The lowest BCUT2D eigenvalue weighted by Gasteiger charge is -2.30. The van der Waals surface area contributed by atoms with Gasteiger partial charge in [0.1, 0.15) is 6.04 Å². The van der Waals surface area contributed by atoms with Crippen LogP contribution in [0.1, 0.15) is 36.0 Å². The Bertz CT molecular complexity index is 969. The molecule has 2 amide bonds. The van der Waals surface area contributed by atoms with Crippen molar-refractivity contribution in [2.45, 2.75) is 31.8 Å². The van der Waals surface area contributed by atoms with Crippen molar-refractivity contribution in [3.05, 3.63) is 107 Å². The zero-order valence-electron chi connectivity index (χ0n) is 17.8. The first-order valence-corrected chi connectivity index (χ1v) is 10.7. The fourth-order valence-corrected chi connectivity index (χ4v) is 3.89. The average Bonchev–Trinajstić information content (AvgIpc) is 2.82. The number of benzene rings is 3. The Hall–Kier alpha value is -3.11. The van der Waals surface area contributed by atoms with Gasteiger partial charge in [0.05, 0.1) is 0 Å². The predicted octanol–water partition coefficient (Wildman–Crippen LogP) is 5.03. The topological polar surface area (TPSA) is 49.4 Å². The summed E-state index contributed by atoms with van der Waals surface area (Å²) in [6, 6.07) is 26.7. The van der Waals surface area contributed by atoms with Crippen LogP contribution in [-0.4, -0.2) is 29.8 Å². The zero-order valence-corrected chi connectivity index (χ0v) is 18.5. The molecule has 0 aliphatic carbocycles. The molecule has 0 saturated heterocycles. The van der Waals surface area contributed by atoms with E-state index in [1.54, 1.807) is 24.9 Å². The third-order valence-corrected chi connectivity index (χ3v) is 5.86. The molecule has 0 unspecified atom stereocenters. The maximum absolute atomic E-state index is 13.6. The highest BCUT2D eigenvalue weighted by Gasteiger charge is 2.29. The van der Waals surface area contributed by atoms with E-state index >= 15 is 0 Å². The highest BCUT2D eigenvalue weighted by Crippen LogP contribution is 2.29. The van der Waals surface area contributed by atoms with Crippen molar-refractivity contribution >= 4 is 23.4 Å². The number of hydrogen-bond acceptors (Lipinski definition) is 2. The third kappa shape index (κ3) is 5.74. The van der Waals surface area contributed by atoms with E-state index in [0.717, 1.165) is 16.7 Å². The van der Waals surface area contributed by atoms with Gasteiger partial charge < -0.3 is 10.2 Å². The maximum atomic E-state index is 13.6. The molecule has 31 heavy (non-hydrogen) atoms. The molecule has 3 rings (SSSR count). The Balaban J connectivity index is 1.93. The van der Waals surface area contributed by atoms with Crippen LogP contribution >= 0.6 is 11.6 Å². The van der Waals surface area contributed by atoms with E-state index in [-0.39, 0.29) is 30.7 Å². The van der Waals surface area contributed by atoms with E-state index in [1.807, 2.05) is 78.9 Å². The number of halogens is 1. The van der Waals surface area contributed by atoms with E-state index in [9.17, 15) is 9.59 Å². The second-order valence-corrected chi connectivity index (χ2v) is 7.89. The Kier molecular flexibility index (Phi) is 7.85. The SMILES string of the molecule is CNC(=O)[C@H](C)N(Cc1ccccc1Cl)C(=O)CC(c1ccccc1)c1ccccc1. The summed E-state index contributed by atoms with van der Waals surface area (Å²) in [6.07, 6.45) is 0.250. The first kappa shape index (κ1) is 22.6. The van der Waals surface area contributed by atoms with Gasteiger partial charge in [-0.15, -0.1) is 0 Å². The van der Waals surface area contributed by atoms with Crippen LogP contribution in [-0.2, 0) is 16.1 Å². The number of nitrogens with one attached hydrogen (secondary N) is 1. The van der Waals surface area contributed by atoms with Gasteiger partial charge in [-0.05, 0) is 29.7 Å². The number of carbonyl (C=O) groups is 2. The van der Waals surface area contributed by atoms with Crippen molar-refractivity contribution in [2.24, 2.45) is 0 Å². The normalized spacial score (nSPS) is 11.7. The molecule has 0 saturated carbocycles. The molecule has 0 radical (unpaired) electrons. The number of amides is 2. The van der Waals surface area contributed by atoms with Crippen LogP contribution in [0.2, 0.25) is 5.02 Å². The minimum Gasteiger partial charge on any atom is -0.357 e. The standard InChI is InChI=1S/C26H27ClN2O2/c1-19(26(31)28-2)29(18-22-15-9-10-16-24(22)27)25(30)17-23(20-11-5-3-6-12-20)21-13-7-4-8-14-21/h3-16,19,23H,17-18H2,1-2H3,(H,28,31)/t19-/m0/s1. The van der Waals surface area contributed by atoms with Crippen molar-refractivity contribution in [2.75, 3.05) is 7.05 Å². The number of likely N-dealkylation sites (N-methyl/N-ethyl adjacent to an activating group) is 1. The minimum absolute atomic E-state index is 0.103. The Morgan fingerprint density at radius 3 is 1.90 bits per heavy atom. The molecule has 4 nitrogen and oxygen atoms in total. The fraction of sp³-hybridized carbons (Fsp3) is 0.231. The lowest BCUT2D eigenvalue weighted by molar-refractivity contribution is -0.140. The molecule has 5 heteroatoms. The van der Waals surface area contributed by atoms with Crippen molar-refractivity contribution in [3.8, 4) is 0 Å². The van der Waals surface area contributed by atoms with Crippen LogP contribution in [0.3, 0.4) is 0 Å². The number of nitrogens with zero attached hydrogens (tertiary/aromatic N) is 1. The Morgan fingerprint density at radius 1 is 0.871 bits per heavy atom. The van der Waals surface area contributed by atoms with Crippen LogP contribution in [0.25, 0.3) is 0 Å². The summed E-state index contributed by atoms with van der Waals surface area (Å²) in [5.74, 6) is -0.425. The van der Waals surface area contributed by atoms with E-state index in [4.69, 9.17) is 11.6 Å². The summed E-state index contributed by atoms with van der Waals surface area (Å²) in [5, 5.41) is 3.23. The lowest BCUT2D eigenvalue weighted by Crippen LogP contribution is -2.47. The van der Waals surface area contributed by atoms with Crippen LogP contribution < -0.4 is 5.32 Å². The first-order chi connectivity index (χ1) is 15.0. The highest BCUT2D eigenvalue weighted by atomic mass is 35.5. The number of hydrogen-bond donors (Lipinski definition) is 1. The summed E-state index contributed by atoms with van der Waals surface area (Å²) in [5.41, 5.74) is 2.93. The summed E-state index contributed by atoms with van der Waals surface area (Å²) in [4.78, 5) is 27.6. The molecular weight excluding hydrogens is 408 g/mol. The average molecular weight is 435 g/mol. The van der Waals surface area contributed by atoms with Gasteiger partial charge in [-0.3, -0.25) is 9.59 Å². The van der Waals surface area contributed by atoms with Gasteiger partial charge in [0.2, 0.25) is 11.8 Å². The van der Waals surface area contributed by atoms with Crippen LogP contribution in [0, 0.1) is 0 Å². The van der Waals surface area contributed by atoms with Gasteiger partial charge >= 0.3 is 0 Å². The molecule has 1 N–H and O–H groups in total. The summed E-state index contributed by atoms with van der Waals surface area (Å²) in [6.45, 7) is 2.01. The molecule has 0 aliphatic heterocycles. The van der Waals surface area contributed by atoms with E-state index in [0.29, 0.717) is 5.02 Å². The summed E-state index contributed by atoms with van der Waals surface area (Å²) in [7, 11) is 1.58. The lowest BCUT2D eigenvalue weighted by atomic mass is 9.88. The monoisotopic (exact) mass is 434 g/mol. The van der Waals surface area contributed by atoms with E-state index in [2.05, 4.69) is 5.32 Å². The molecule has 1 atom stereocenters. The van der Waals surface area contributed by atoms with Crippen LogP contribution in [0.5, 0.6) is 0 Å². The highest BCUT2D eigenvalue weighted by molar-refractivity contribution is 6.31. The molecule has 0 bridgehead atoms. The van der Waals surface area contributed by atoms with Crippen molar-refractivity contribution in [1.82, 2.24) is 10.2 Å². The molecule has 0 heterocycles.